The molecule has 0 saturated heterocycles. The lowest BCUT2D eigenvalue weighted by molar-refractivity contribution is -0.119. The summed E-state index contributed by atoms with van der Waals surface area (Å²) in [6.45, 7) is 0.744. The van der Waals surface area contributed by atoms with Crippen molar-refractivity contribution in [2.45, 2.75) is 11.3 Å². The molecule has 1 amide bonds. The van der Waals surface area contributed by atoms with E-state index in [2.05, 4.69) is 20.5 Å². The molecule has 10 heteroatoms. The number of carbonyl (C=O) groups is 1. The topological polar surface area (TPSA) is 108 Å². The predicted octanol–water partition coefficient (Wildman–Crippen LogP) is 2.54. The molecule has 0 bridgehead atoms. The quantitative estimate of drug-likeness (QED) is 0.513. The lowest BCUT2D eigenvalue weighted by Gasteiger charge is -2.26. The molecule has 0 fully saturated rings. The van der Waals surface area contributed by atoms with Gasteiger partial charge in [-0.2, -0.15) is 0 Å². The van der Waals surface area contributed by atoms with E-state index in [1.165, 1.54) is 11.8 Å². The minimum absolute atomic E-state index is 0.138. The molecule has 0 aliphatic carbocycles. The number of methoxy groups -OCH3 is 2. The standard InChI is InChI=1S/C21H22N4O5S/c1-27-13-7-8-15(18(9-13)28-2)20-23-21(25-24-20)31-12-19(26)22-10-14-11-29-16-5-3-4-6-17(16)30-14/h3-9,14H,10-12H2,1-2H3,(H,22,26)(H,23,24,25). The highest BCUT2D eigenvalue weighted by molar-refractivity contribution is 7.99. The minimum atomic E-state index is -0.235. The number of fused-ring (bicyclic) bond motifs is 1. The largest absolute Gasteiger partial charge is 0.497 e. The zero-order chi connectivity index (χ0) is 21.6. The number of carbonyl (C=O) groups excluding carboxylic acids is 1. The number of amides is 1. The van der Waals surface area contributed by atoms with E-state index >= 15 is 0 Å². The highest BCUT2D eigenvalue weighted by Crippen LogP contribution is 2.32. The smallest absolute Gasteiger partial charge is 0.230 e. The lowest BCUT2D eigenvalue weighted by atomic mass is 10.2. The molecule has 0 saturated carbocycles. The molecule has 2 aromatic carbocycles. The van der Waals surface area contributed by atoms with Gasteiger partial charge in [0, 0.05) is 6.07 Å². The Bertz CT molecular complexity index is 1060. The molecule has 2 N–H and O–H groups in total. The molecule has 162 valence electrons. The van der Waals surface area contributed by atoms with Gasteiger partial charge in [0.1, 0.15) is 24.2 Å². The zero-order valence-electron chi connectivity index (χ0n) is 17.1. The van der Waals surface area contributed by atoms with E-state index in [0.29, 0.717) is 41.4 Å². The molecule has 3 aromatic rings. The van der Waals surface area contributed by atoms with Gasteiger partial charge in [0.15, 0.2) is 17.3 Å². The van der Waals surface area contributed by atoms with Crippen LogP contribution in [0.4, 0.5) is 0 Å². The Kier molecular flexibility index (Phi) is 6.46. The van der Waals surface area contributed by atoms with Crippen LogP contribution in [-0.2, 0) is 4.79 Å². The Hall–Kier alpha value is -3.40. The van der Waals surface area contributed by atoms with Gasteiger partial charge in [-0.25, -0.2) is 4.98 Å². The van der Waals surface area contributed by atoms with Crippen LogP contribution < -0.4 is 24.3 Å². The van der Waals surface area contributed by atoms with Crippen LogP contribution in [0.25, 0.3) is 11.4 Å². The zero-order valence-corrected chi connectivity index (χ0v) is 17.9. The number of para-hydroxylation sites is 2. The van der Waals surface area contributed by atoms with Gasteiger partial charge in [-0.15, -0.1) is 5.10 Å². The number of H-pyrrole nitrogens is 1. The predicted molar refractivity (Wildman–Crippen MR) is 115 cm³/mol. The van der Waals surface area contributed by atoms with Crippen molar-refractivity contribution in [3.05, 3.63) is 42.5 Å². The van der Waals surface area contributed by atoms with Crippen molar-refractivity contribution in [1.82, 2.24) is 20.5 Å². The van der Waals surface area contributed by atoms with E-state index in [9.17, 15) is 4.79 Å². The number of ether oxygens (including phenoxy) is 4. The third kappa shape index (κ3) is 5.02. The first kappa shape index (κ1) is 20.9. The number of aromatic amines is 1. The second kappa shape index (κ2) is 9.61. The van der Waals surface area contributed by atoms with Crippen LogP contribution in [-0.4, -0.2) is 60.3 Å². The fourth-order valence-corrected chi connectivity index (χ4v) is 3.63. The van der Waals surface area contributed by atoms with Crippen LogP contribution in [0.15, 0.2) is 47.6 Å². The molecule has 0 radical (unpaired) electrons. The molecule has 1 aliphatic heterocycles. The Labute approximate surface area is 183 Å². The summed E-state index contributed by atoms with van der Waals surface area (Å²) >= 11 is 1.24. The van der Waals surface area contributed by atoms with Gasteiger partial charge in [0.2, 0.25) is 11.1 Å². The maximum absolute atomic E-state index is 12.2. The van der Waals surface area contributed by atoms with Crippen LogP contribution in [0, 0.1) is 0 Å². The summed E-state index contributed by atoms with van der Waals surface area (Å²) in [6.07, 6.45) is -0.235. The van der Waals surface area contributed by atoms with E-state index in [-0.39, 0.29) is 17.8 Å². The Morgan fingerprint density at radius 2 is 2.06 bits per heavy atom. The molecule has 1 aromatic heterocycles. The van der Waals surface area contributed by atoms with E-state index in [0.717, 1.165) is 11.3 Å². The van der Waals surface area contributed by atoms with E-state index < -0.39 is 0 Å². The van der Waals surface area contributed by atoms with Crippen molar-refractivity contribution in [1.29, 1.82) is 0 Å². The van der Waals surface area contributed by atoms with Crippen molar-refractivity contribution in [3.8, 4) is 34.4 Å². The average Bonchev–Trinajstić information content (AvgIpc) is 3.29. The summed E-state index contributed by atoms with van der Waals surface area (Å²) < 4.78 is 22.1. The first-order chi connectivity index (χ1) is 15.2. The molecule has 31 heavy (non-hydrogen) atoms. The summed E-state index contributed by atoms with van der Waals surface area (Å²) in [5.41, 5.74) is 0.752. The maximum atomic E-state index is 12.2. The summed E-state index contributed by atoms with van der Waals surface area (Å²) in [4.78, 5) is 16.7. The monoisotopic (exact) mass is 442 g/mol. The number of nitrogens with zero attached hydrogens (tertiary/aromatic N) is 2. The van der Waals surface area contributed by atoms with Crippen LogP contribution in [0.3, 0.4) is 0 Å². The number of nitrogens with one attached hydrogen (secondary N) is 2. The van der Waals surface area contributed by atoms with Crippen molar-refractivity contribution >= 4 is 17.7 Å². The van der Waals surface area contributed by atoms with Crippen molar-refractivity contribution in [2.75, 3.05) is 33.1 Å². The summed E-state index contributed by atoms with van der Waals surface area (Å²) in [7, 11) is 3.17. The highest BCUT2D eigenvalue weighted by Gasteiger charge is 2.21. The molecule has 4 rings (SSSR count). The van der Waals surface area contributed by atoms with Crippen LogP contribution >= 0.6 is 11.8 Å². The molecule has 2 heterocycles. The van der Waals surface area contributed by atoms with Gasteiger partial charge in [-0.05, 0) is 24.3 Å². The summed E-state index contributed by atoms with van der Waals surface area (Å²) in [5, 5.41) is 10.4. The number of hydrogen-bond acceptors (Lipinski definition) is 8. The normalized spacial score (nSPS) is 14.7. The third-order valence-electron chi connectivity index (χ3n) is 4.56. The number of hydrogen-bond donors (Lipinski definition) is 2. The Morgan fingerprint density at radius 3 is 2.87 bits per heavy atom. The lowest BCUT2D eigenvalue weighted by Crippen LogP contribution is -2.41. The summed E-state index contributed by atoms with van der Waals surface area (Å²) in [5.74, 6) is 3.29. The molecule has 0 spiro atoms. The van der Waals surface area contributed by atoms with E-state index in [1.54, 1.807) is 20.3 Å². The van der Waals surface area contributed by atoms with Gasteiger partial charge in [0.25, 0.3) is 0 Å². The third-order valence-corrected chi connectivity index (χ3v) is 5.40. The van der Waals surface area contributed by atoms with Crippen LogP contribution in [0.1, 0.15) is 0 Å². The van der Waals surface area contributed by atoms with Gasteiger partial charge in [0.05, 0.1) is 32.1 Å². The minimum Gasteiger partial charge on any atom is -0.497 e. The van der Waals surface area contributed by atoms with Crippen molar-refractivity contribution < 1.29 is 23.7 Å². The van der Waals surface area contributed by atoms with Gasteiger partial charge in [-0.3, -0.25) is 9.89 Å². The first-order valence-corrected chi connectivity index (χ1v) is 10.6. The maximum Gasteiger partial charge on any atom is 0.230 e. The molecule has 9 nitrogen and oxygen atoms in total. The first-order valence-electron chi connectivity index (χ1n) is 9.59. The number of thioether (sulfide) groups is 1. The molecule has 1 unspecified atom stereocenters. The second-order valence-corrected chi connectivity index (χ2v) is 7.57. The highest BCUT2D eigenvalue weighted by atomic mass is 32.2. The second-order valence-electron chi connectivity index (χ2n) is 6.62. The Morgan fingerprint density at radius 1 is 1.23 bits per heavy atom. The van der Waals surface area contributed by atoms with Crippen LogP contribution in [0.5, 0.6) is 23.0 Å². The van der Waals surface area contributed by atoms with Crippen molar-refractivity contribution in [3.63, 3.8) is 0 Å². The SMILES string of the molecule is COc1ccc(-c2nc(SCC(=O)NCC3COc4ccccc4O3)n[nH]2)c(OC)c1. The number of aromatic nitrogens is 3. The molecule has 1 aliphatic rings. The van der Waals surface area contributed by atoms with E-state index in [1.807, 2.05) is 36.4 Å². The Balaban J connectivity index is 1.28. The summed E-state index contributed by atoms with van der Waals surface area (Å²) in [6, 6.07) is 12.9. The average molecular weight is 442 g/mol. The van der Waals surface area contributed by atoms with Crippen LogP contribution in [0.2, 0.25) is 0 Å². The number of rotatable bonds is 8. The molecular weight excluding hydrogens is 420 g/mol. The van der Waals surface area contributed by atoms with Gasteiger partial charge < -0.3 is 24.3 Å². The van der Waals surface area contributed by atoms with Gasteiger partial charge >= 0.3 is 0 Å². The fraction of sp³-hybridized carbons (Fsp3) is 0.286. The fourth-order valence-electron chi connectivity index (χ4n) is 3.00. The van der Waals surface area contributed by atoms with Gasteiger partial charge in [-0.1, -0.05) is 23.9 Å². The number of benzene rings is 2. The molecule has 1 atom stereocenters. The van der Waals surface area contributed by atoms with E-state index in [4.69, 9.17) is 18.9 Å². The van der Waals surface area contributed by atoms with Crippen molar-refractivity contribution in [2.24, 2.45) is 0 Å². The molecular formula is C21H22N4O5S.